The van der Waals surface area contributed by atoms with E-state index in [4.69, 9.17) is 0 Å². The van der Waals surface area contributed by atoms with E-state index in [1.807, 2.05) is 0 Å². The SMILES string of the molecule is O=[N+]([O-])c1cc(F)cc(N2CCN3CCCCC3C2)c1. The Balaban J connectivity index is 1.80. The van der Waals surface area contributed by atoms with Gasteiger partial charge in [-0.3, -0.25) is 15.0 Å². The molecule has 0 radical (unpaired) electrons. The van der Waals surface area contributed by atoms with E-state index in [1.165, 1.54) is 25.0 Å². The van der Waals surface area contributed by atoms with E-state index in [0.29, 0.717) is 11.7 Å². The fraction of sp³-hybridized carbons (Fsp3) is 0.571. The van der Waals surface area contributed by atoms with Crippen molar-refractivity contribution in [1.29, 1.82) is 0 Å². The van der Waals surface area contributed by atoms with Crippen LogP contribution in [-0.2, 0) is 0 Å². The highest BCUT2D eigenvalue weighted by Crippen LogP contribution is 2.28. The number of nitro benzene ring substituents is 1. The molecule has 0 saturated carbocycles. The summed E-state index contributed by atoms with van der Waals surface area (Å²) in [6.45, 7) is 3.73. The largest absolute Gasteiger partial charge is 0.368 e. The van der Waals surface area contributed by atoms with Gasteiger partial charge in [0.2, 0.25) is 0 Å². The number of fused-ring (bicyclic) bond motifs is 1. The number of hydrogen-bond donors (Lipinski definition) is 0. The van der Waals surface area contributed by atoms with Crippen LogP contribution in [0.1, 0.15) is 19.3 Å². The number of nitrogens with zero attached hydrogens (tertiary/aromatic N) is 3. The van der Waals surface area contributed by atoms with Gasteiger partial charge < -0.3 is 4.90 Å². The number of anilines is 1. The maximum absolute atomic E-state index is 13.5. The molecule has 108 valence electrons. The van der Waals surface area contributed by atoms with Crippen LogP contribution in [0, 0.1) is 15.9 Å². The zero-order valence-electron chi connectivity index (χ0n) is 11.3. The van der Waals surface area contributed by atoms with Crippen molar-refractivity contribution in [2.75, 3.05) is 31.1 Å². The maximum Gasteiger partial charge on any atom is 0.274 e. The van der Waals surface area contributed by atoms with Crippen molar-refractivity contribution >= 4 is 11.4 Å². The van der Waals surface area contributed by atoms with Gasteiger partial charge in [-0.15, -0.1) is 0 Å². The molecule has 0 amide bonds. The van der Waals surface area contributed by atoms with E-state index in [1.54, 1.807) is 0 Å². The molecule has 1 aromatic carbocycles. The highest BCUT2D eigenvalue weighted by atomic mass is 19.1. The summed E-state index contributed by atoms with van der Waals surface area (Å²) in [5.74, 6) is -0.541. The fourth-order valence-corrected chi connectivity index (χ4v) is 3.24. The predicted molar refractivity (Wildman–Crippen MR) is 74.5 cm³/mol. The molecule has 1 atom stereocenters. The molecule has 0 aromatic heterocycles. The Morgan fingerprint density at radius 2 is 2.05 bits per heavy atom. The second-order valence-corrected chi connectivity index (χ2v) is 5.56. The molecule has 2 saturated heterocycles. The molecule has 0 bridgehead atoms. The number of nitro groups is 1. The summed E-state index contributed by atoms with van der Waals surface area (Å²) in [6.07, 6.45) is 3.65. The number of piperidine rings is 1. The van der Waals surface area contributed by atoms with Crippen LogP contribution in [0.15, 0.2) is 18.2 Å². The van der Waals surface area contributed by atoms with Crippen molar-refractivity contribution in [1.82, 2.24) is 4.90 Å². The molecule has 20 heavy (non-hydrogen) atoms. The standard InChI is InChI=1S/C14H18FN3O2/c15-11-7-13(9-14(8-11)18(19)20)17-6-5-16-4-2-1-3-12(16)10-17/h7-9,12H,1-6,10H2. The van der Waals surface area contributed by atoms with Crippen molar-refractivity contribution in [2.45, 2.75) is 25.3 Å². The lowest BCUT2D eigenvalue weighted by Gasteiger charge is -2.44. The number of piperazine rings is 1. The number of hydrogen-bond acceptors (Lipinski definition) is 4. The molecule has 6 heteroatoms. The van der Waals surface area contributed by atoms with Crippen molar-refractivity contribution in [3.05, 3.63) is 34.1 Å². The van der Waals surface area contributed by atoms with Gasteiger partial charge in [-0.25, -0.2) is 4.39 Å². The normalized spacial score (nSPS) is 23.4. The Bertz CT molecular complexity index is 523. The molecule has 5 nitrogen and oxygen atoms in total. The van der Waals surface area contributed by atoms with Gasteiger partial charge in [-0.1, -0.05) is 6.42 Å². The number of halogens is 1. The zero-order valence-corrected chi connectivity index (χ0v) is 11.3. The molecule has 2 aliphatic rings. The monoisotopic (exact) mass is 279 g/mol. The van der Waals surface area contributed by atoms with Gasteiger partial charge in [0.25, 0.3) is 5.69 Å². The second kappa shape index (κ2) is 5.36. The zero-order chi connectivity index (χ0) is 14.1. The molecule has 1 unspecified atom stereocenters. The van der Waals surface area contributed by atoms with Gasteiger partial charge in [0.05, 0.1) is 11.0 Å². The molecular formula is C14H18FN3O2. The van der Waals surface area contributed by atoms with Crippen LogP contribution in [0.2, 0.25) is 0 Å². The van der Waals surface area contributed by atoms with Gasteiger partial charge in [0.1, 0.15) is 5.82 Å². The van der Waals surface area contributed by atoms with E-state index in [0.717, 1.165) is 38.7 Å². The summed E-state index contributed by atoms with van der Waals surface area (Å²) < 4.78 is 13.5. The lowest BCUT2D eigenvalue weighted by Crippen LogP contribution is -2.54. The molecule has 2 heterocycles. The average Bonchev–Trinajstić information content (AvgIpc) is 2.46. The molecule has 2 aliphatic heterocycles. The van der Waals surface area contributed by atoms with Crippen molar-refractivity contribution in [3.8, 4) is 0 Å². The van der Waals surface area contributed by atoms with Gasteiger partial charge in [0, 0.05) is 37.4 Å². The van der Waals surface area contributed by atoms with Crippen LogP contribution in [0.3, 0.4) is 0 Å². The topological polar surface area (TPSA) is 49.6 Å². The Labute approximate surface area is 117 Å². The van der Waals surface area contributed by atoms with E-state index < -0.39 is 10.7 Å². The summed E-state index contributed by atoms with van der Waals surface area (Å²) in [7, 11) is 0. The van der Waals surface area contributed by atoms with E-state index in [2.05, 4.69) is 9.80 Å². The highest BCUT2D eigenvalue weighted by Gasteiger charge is 2.29. The molecule has 0 aliphatic carbocycles. The molecule has 0 N–H and O–H groups in total. The Morgan fingerprint density at radius 1 is 1.20 bits per heavy atom. The fourth-order valence-electron chi connectivity index (χ4n) is 3.24. The minimum absolute atomic E-state index is 0.175. The number of rotatable bonds is 2. The molecule has 3 rings (SSSR count). The van der Waals surface area contributed by atoms with Crippen molar-refractivity contribution in [2.24, 2.45) is 0 Å². The predicted octanol–water partition coefficient (Wildman–Crippen LogP) is 2.41. The minimum atomic E-state index is -0.541. The molecule has 0 spiro atoms. The Hall–Kier alpha value is -1.69. The van der Waals surface area contributed by atoms with E-state index in [9.17, 15) is 14.5 Å². The number of benzene rings is 1. The van der Waals surface area contributed by atoms with E-state index in [-0.39, 0.29) is 5.69 Å². The van der Waals surface area contributed by atoms with Crippen LogP contribution < -0.4 is 4.90 Å². The lowest BCUT2D eigenvalue weighted by atomic mass is 9.99. The third-order valence-electron chi connectivity index (χ3n) is 4.28. The summed E-state index contributed by atoms with van der Waals surface area (Å²) in [6, 6.07) is 4.34. The smallest absolute Gasteiger partial charge is 0.274 e. The van der Waals surface area contributed by atoms with Crippen LogP contribution in [0.5, 0.6) is 0 Å². The lowest BCUT2D eigenvalue weighted by molar-refractivity contribution is -0.385. The van der Waals surface area contributed by atoms with Gasteiger partial charge in [0.15, 0.2) is 0 Å². The molecule has 2 fully saturated rings. The van der Waals surface area contributed by atoms with Gasteiger partial charge in [-0.05, 0) is 25.5 Å². The Kier molecular flexibility index (Phi) is 3.56. The summed E-state index contributed by atoms with van der Waals surface area (Å²) in [4.78, 5) is 14.8. The Morgan fingerprint density at radius 3 is 2.85 bits per heavy atom. The summed E-state index contributed by atoms with van der Waals surface area (Å²) >= 11 is 0. The molecular weight excluding hydrogens is 261 g/mol. The molecule has 1 aromatic rings. The first-order valence-corrected chi connectivity index (χ1v) is 7.07. The third kappa shape index (κ3) is 2.60. The highest BCUT2D eigenvalue weighted by molar-refractivity contribution is 5.54. The van der Waals surface area contributed by atoms with Crippen LogP contribution >= 0.6 is 0 Å². The third-order valence-corrected chi connectivity index (χ3v) is 4.28. The summed E-state index contributed by atoms with van der Waals surface area (Å²) in [5.41, 5.74) is 0.452. The van der Waals surface area contributed by atoms with Crippen LogP contribution in [0.25, 0.3) is 0 Å². The van der Waals surface area contributed by atoms with Gasteiger partial charge >= 0.3 is 0 Å². The first kappa shape index (κ1) is 13.3. The summed E-state index contributed by atoms with van der Waals surface area (Å²) in [5, 5.41) is 10.8. The first-order valence-electron chi connectivity index (χ1n) is 7.07. The number of non-ortho nitro benzene ring substituents is 1. The van der Waals surface area contributed by atoms with Crippen LogP contribution in [-0.4, -0.2) is 42.0 Å². The van der Waals surface area contributed by atoms with E-state index >= 15 is 0 Å². The second-order valence-electron chi connectivity index (χ2n) is 5.56. The maximum atomic E-state index is 13.5. The van der Waals surface area contributed by atoms with Crippen molar-refractivity contribution in [3.63, 3.8) is 0 Å². The first-order chi connectivity index (χ1) is 9.63. The minimum Gasteiger partial charge on any atom is -0.368 e. The van der Waals surface area contributed by atoms with Crippen LogP contribution in [0.4, 0.5) is 15.8 Å². The van der Waals surface area contributed by atoms with Crippen molar-refractivity contribution < 1.29 is 9.31 Å². The quantitative estimate of drug-likeness (QED) is 0.616. The average molecular weight is 279 g/mol. The van der Waals surface area contributed by atoms with Gasteiger partial charge in [-0.2, -0.15) is 0 Å².